The molecule has 1 aromatic rings. The van der Waals surface area contributed by atoms with Gasteiger partial charge in [-0.1, -0.05) is 5.10 Å². The predicted octanol–water partition coefficient (Wildman–Crippen LogP) is 2.81. The molecule has 1 fully saturated rings. The molecule has 212 valence electrons. The lowest BCUT2D eigenvalue weighted by molar-refractivity contribution is -0.174. The first-order valence-electron chi connectivity index (χ1n) is 13.1. The number of nitrogens with zero attached hydrogens (tertiary/aromatic N) is 4. The Labute approximate surface area is 219 Å². The molecule has 2 rings (SSSR count). The first-order valence-corrected chi connectivity index (χ1v) is 14.7. The van der Waals surface area contributed by atoms with E-state index in [1.54, 1.807) is 34.6 Å². The second-order valence-electron chi connectivity index (χ2n) is 10.1. The normalized spacial score (nSPS) is 16.9. The summed E-state index contributed by atoms with van der Waals surface area (Å²) in [6.45, 7) is 9.96. The van der Waals surface area contributed by atoms with Crippen LogP contribution in [0.1, 0.15) is 86.0 Å². The van der Waals surface area contributed by atoms with Crippen LogP contribution in [-0.2, 0) is 43.9 Å². The smallest absolute Gasteiger partial charge is 0.323 e. The average Bonchev–Trinajstić information content (AvgIpc) is 3.36. The molecular weight excluding hydrogens is 504 g/mol. The highest BCUT2D eigenvalue weighted by molar-refractivity contribution is 7.91. The van der Waals surface area contributed by atoms with Gasteiger partial charge in [-0.15, -0.1) is 0 Å². The van der Waals surface area contributed by atoms with Crippen LogP contribution < -0.4 is 0 Å². The summed E-state index contributed by atoms with van der Waals surface area (Å²) < 4.78 is 49.2. The lowest BCUT2D eigenvalue weighted by Gasteiger charge is -2.29. The molecule has 1 saturated heterocycles. The van der Waals surface area contributed by atoms with Gasteiger partial charge in [0.15, 0.2) is 11.7 Å². The van der Waals surface area contributed by atoms with E-state index in [0.717, 1.165) is 19.3 Å². The molecule has 1 aliphatic rings. The van der Waals surface area contributed by atoms with Gasteiger partial charge < -0.3 is 18.9 Å². The Balaban J connectivity index is 2.11. The molecule has 0 amide bonds. The van der Waals surface area contributed by atoms with Crippen LogP contribution in [0.3, 0.4) is 0 Å². The molecule has 12 nitrogen and oxygen atoms in total. The molecule has 0 radical (unpaired) electrons. The number of aromatic nitrogens is 4. The van der Waals surface area contributed by atoms with Crippen molar-refractivity contribution in [3.05, 3.63) is 0 Å². The number of rotatable bonds is 15. The van der Waals surface area contributed by atoms with Crippen LogP contribution >= 0.6 is 0 Å². The predicted molar refractivity (Wildman–Crippen MR) is 133 cm³/mol. The number of tetrazole rings is 1. The Morgan fingerprint density at radius 3 is 2.24 bits per heavy atom. The van der Waals surface area contributed by atoms with Gasteiger partial charge in [-0.05, 0) is 96.4 Å². The van der Waals surface area contributed by atoms with E-state index in [-0.39, 0.29) is 49.7 Å². The fraction of sp³-hybridized carbons (Fsp3) is 0.875. The highest BCUT2D eigenvalue weighted by atomic mass is 32.2. The van der Waals surface area contributed by atoms with Crippen LogP contribution in [0, 0.1) is 5.41 Å². The first-order chi connectivity index (χ1) is 17.5. The number of ether oxygens (including phenoxy) is 4. The van der Waals surface area contributed by atoms with E-state index >= 15 is 0 Å². The van der Waals surface area contributed by atoms with Gasteiger partial charge in [0.2, 0.25) is 9.84 Å². The van der Waals surface area contributed by atoms with Crippen molar-refractivity contribution < 1.29 is 37.0 Å². The van der Waals surface area contributed by atoms with Crippen LogP contribution in [0.15, 0.2) is 5.16 Å². The molecule has 1 unspecified atom stereocenters. The molecule has 0 bridgehead atoms. The minimum Gasteiger partial charge on any atom is -0.465 e. The SMILES string of the molecule is CCOC(=O)C(CCCCOC1CCCCO1)(CCCS(=O)(=O)c1nnnn1C(C)(C)C)C(=O)OCC. The molecule has 0 saturated carbocycles. The second kappa shape index (κ2) is 14.1. The van der Waals surface area contributed by atoms with Gasteiger partial charge in [0.25, 0.3) is 5.16 Å². The topological polar surface area (TPSA) is 149 Å². The van der Waals surface area contributed by atoms with Crippen molar-refractivity contribution >= 4 is 21.8 Å². The first kappa shape index (κ1) is 31.1. The molecule has 0 spiro atoms. The summed E-state index contributed by atoms with van der Waals surface area (Å²) in [6.07, 6.45) is 3.92. The molecule has 1 aliphatic heterocycles. The van der Waals surface area contributed by atoms with Gasteiger partial charge >= 0.3 is 11.9 Å². The zero-order valence-electron chi connectivity index (χ0n) is 22.7. The Hall–Kier alpha value is -2.12. The van der Waals surface area contributed by atoms with E-state index in [0.29, 0.717) is 26.1 Å². The van der Waals surface area contributed by atoms with Gasteiger partial charge in [0, 0.05) is 13.2 Å². The van der Waals surface area contributed by atoms with E-state index in [2.05, 4.69) is 15.5 Å². The molecule has 1 atom stereocenters. The van der Waals surface area contributed by atoms with Crippen LogP contribution in [-0.4, -0.2) is 79.0 Å². The molecule has 0 aromatic carbocycles. The Kier molecular flexibility index (Phi) is 11.9. The van der Waals surface area contributed by atoms with Crippen LogP contribution in [0.2, 0.25) is 0 Å². The Morgan fingerprint density at radius 1 is 1.03 bits per heavy atom. The summed E-state index contributed by atoms with van der Waals surface area (Å²) in [5.41, 5.74) is -2.25. The Bertz CT molecular complexity index is 950. The number of unbranched alkanes of at least 4 members (excludes halogenated alkanes) is 1. The van der Waals surface area contributed by atoms with Gasteiger partial charge in [-0.25, -0.2) is 13.1 Å². The van der Waals surface area contributed by atoms with Gasteiger partial charge in [-0.2, -0.15) is 0 Å². The highest BCUT2D eigenvalue weighted by Crippen LogP contribution is 2.35. The van der Waals surface area contributed by atoms with Crippen LogP contribution in [0.5, 0.6) is 0 Å². The van der Waals surface area contributed by atoms with E-state index in [4.69, 9.17) is 18.9 Å². The molecule has 0 aliphatic carbocycles. The summed E-state index contributed by atoms with van der Waals surface area (Å²) in [5, 5.41) is 10.8. The summed E-state index contributed by atoms with van der Waals surface area (Å²) >= 11 is 0. The number of carbonyl (C=O) groups is 2. The van der Waals surface area contributed by atoms with Crippen molar-refractivity contribution in [3.63, 3.8) is 0 Å². The van der Waals surface area contributed by atoms with Crippen molar-refractivity contribution in [1.29, 1.82) is 0 Å². The number of carbonyl (C=O) groups excluding carboxylic acids is 2. The maximum absolute atomic E-state index is 13.1. The highest BCUT2D eigenvalue weighted by Gasteiger charge is 2.48. The standard InChI is InChI=1S/C24H42N4O8S/c1-6-33-20(29)24(21(30)34-7-2,14-9-11-17-36-19-13-8-10-16-35-19)15-12-18-37(31,32)22-25-26-27-28(22)23(3,4)5/h19H,6-18H2,1-5H3. The lowest BCUT2D eigenvalue weighted by atomic mass is 9.78. The lowest BCUT2D eigenvalue weighted by Crippen LogP contribution is -2.42. The maximum atomic E-state index is 13.1. The van der Waals surface area contributed by atoms with E-state index in [9.17, 15) is 18.0 Å². The van der Waals surface area contributed by atoms with E-state index < -0.39 is 32.7 Å². The fourth-order valence-electron chi connectivity index (χ4n) is 4.19. The van der Waals surface area contributed by atoms with E-state index in [1.165, 1.54) is 4.68 Å². The number of sulfone groups is 1. The summed E-state index contributed by atoms with van der Waals surface area (Å²) in [6, 6.07) is 0. The van der Waals surface area contributed by atoms with Gasteiger partial charge in [-0.3, -0.25) is 9.59 Å². The zero-order chi connectivity index (χ0) is 27.5. The number of hydrogen-bond donors (Lipinski definition) is 0. The third-order valence-electron chi connectivity index (χ3n) is 6.14. The van der Waals surface area contributed by atoms with Crippen molar-refractivity contribution in [2.45, 2.75) is 103 Å². The van der Waals surface area contributed by atoms with Crippen molar-refractivity contribution in [2.24, 2.45) is 5.41 Å². The third kappa shape index (κ3) is 8.71. The zero-order valence-corrected chi connectivity index (χ0v) is 23.5. The van der Waals surface area contributed by atoms with Gasteiger partial charge in [0.1, 0.15) is 0 Å². The summed E-state index contributed by atoms with van der Waals surface area (Å²) in [7, 11) is -3.88. The molecule has 2 heterocycles. The maximum Gasteiger partial charge on any atom is 0.323 e. The summed E-state index contributed by atoms with van der Waals surface area (Å²) in [4.78, 5) is 26.2. The van der Waals surface area contributed by atoms with E-state index in [1.807, 2.05) is 0 Å². The van der Waals surface area contributed by atoms with Crippen molar-refractivity contribution in [2.75, 3.05) is 32.2 Å². The second-order valence-corrected chi connectivity index (χ2v) is 12.1. The largest absolute Gasteiger partial charge is 0.465 e. The molecular formula is C24H42N4O8S. The number of esters is 2. The minimum absolute atomic E-state index is 0.0172. The average molecular weight is 547 g/mol. The molecule has 13 heteroatoms. The summed E-state index contributed by atoms with van der Waals surface area (Å²) in [5.74, 6) is -1.75. The monoisotopic (exact) mass is 546 g/mol. The fourth-order valence-corrected chi connectivity index (χ4v) is 5.63. The quantitative estimate of drug-likeness (QED) is 0.181. The van der Waals surface area contributed by atoms with Crippen LogP contribution in [0.25, 0.3) is 0 Å². The van der Waals surface area contributed by atoms with Crippen molar-refractivity contribution in [1.82, 2.24) is 20.2 Å². The van der Waals surface area contributed by atoms with Crippen LogP contribution in [0.4, 0.5) is 0 Å². The van der Waals surface area contributed by atoms with Gasteiger partial charge in [0.05, 0.1) is 24.5 Å². The van der Waals surface area contributed by atoms with Crippen molar-refractivity contribution in [3.8, 4) is 0 Å². The number of hydrogen-bond acceptors (Lipinski definition) is 11. The molecule has 37 heavy (non-hydrogen) atoms. The molecule has 0 N–H and O–H groups in total. The Morgan fingerprint density at radius 2 is 1.68 bits per heavy atom. The molecule has 1 aromatic heterocycles. The minimum atomic E-state index is -3.88. The third-order valence-corrected chi connectivity index (χ3v) is 7.78.